The second-order valence-electron chi connectivity index (χ2n) is 3.37. The zero-order valence-corrected chi connectivity index (χ0v) is 11.4. The topological polar surface area (TPSA) is 43.4 Å². The van der Waals surface area contributed by atoms with E-state index in [1.165, 1.54) is 0 Å². The van der Waals surface area contributed by atoms with E-state index in [2.05, 4.69) is 17.2 Å². The summed E-state index contributed by atoms with van der Waals surface area (Å²) in [6, 6.07) is 1.62. The lowest BCUT2D eigenvalue weighted by Gasteiger charge is -2.11. The minimum atomic E-state index is 0.367. The number of anilines is 1. The van der Waals surface area contributed by atoms with Crippen LogP contribution in [0.4, 0.5) is 5.82 Å². The normalized spacial score (nSPS) is 10.4. The number of methoxy groups -OCH3 is 1. The van der Waals surface area contributed by atoms with Gasteiger partial charge in [-0.3, -0.25) is 0 Å². The van der Waals surface area contributed by atoms with Crippen molar-refractivity contribution in [1.29, 1.82) is 0 Å². The fourth-order valence-corrected chi connectivity index (χ4v) is 1.62. The molecule has 0 aliphatic rings. The summed E-state index contributed by atoms with van der Waals surface area (Å²) in [6.45, 7) is 3.75. The third kappa shape index (κ3) is 4.58. The molecule has 1 aromatic heterocycles. The molecule has 0 bridgehead atoms. The molecule has 1 rings (SSSR count). The molecule has 0 atom stereocenters. The predicted octanol–water partition coefficient (Wildman–Crippen LogP) is 3.24. The third-order valence-electron chi connectivity index (χ3n) is 1.97. The number of rotatable bonds is 7. The molecule has 6 heteroatoms. The highest BCUT2D eigenvalue weighted by atomic mass is 35.5. The Balaban J connectivity index is 2.74. The molecule has 0 radical (unpaired) electrons. The Hall–Kier alpha value is -0.710. The number of hydrogen-bond acceptors (Lipinski definition) is 4. The van der Waals surface area contributed by atoms with E-state index < -0.39 is 0 Å². The molecule has 0 saturated heterocycles. The van der Waals surface area contributed by atoms with Gasteiger partial charge in [0, 0.05) is 13.7 Å². The molecule has 0 unspecified atom stereocenters. The summed E-state index contributed by atoms with van der Waals surface area (Å²) in [7, 11) is 1.61. The van der Waals surface area contributed by atoms with Crippen molar-refractivity contribution in [2.75, 3.05) is 32.2 Å². The summed E-state index contributed by atoms with van der Waals surface area (Å²) in [4.78, 5) is 4.23. The Labute approximate surface area is 111 Å². The molecule has 0 spiro atoms. The Morgan fingerprint density at radius 3 is 2.71 bits per heavy atom. The highest BCUT2D eigenvalue weighted by Gasteiger charge is 2.09. The standard InChI is InChI=1S/C11H16Cl2N2O2/c1-3-4-14-10-8(12)7-9(13)11(15-10)17-6-5-16-2/h7H,3-6H2,1-2H3,(H,14,15). The van der Waals surface area contributed by atoms with Crippen LogP contribution in [0.3, 0.4) is 0 Å². The monoisotopic (exact) mass is 278 g/mol. The molecule has 1 heterocycles. The van der Waals surface area contributed by atoms with E-state index in [-0.39, 0.29) is 0 Å². The smallest absolute Gasteiger partial charge is 0.234 e. The van der Waals surface area contributed by atoms with Gasteiger partial charge in [-0.1, -0.05) is 30.1 Å². The molecule has 0 amide bonds. The van der Waals surface area contributed by atoms with Crippen molar-refractivity contribution < 1.29 is 9.47 Å². The molecule has 0 aliphatic heterocycles. The maximum absolute atomic E-state index is 6.01. The maximum atomic E-state index is 6.01. The van der Waals surface area contributed by atoms with Crippen LogP contribution in [0.2, 0.25) is 10.0 Å². The lowest BCUT2D eigenvalue weighted by atomic mass is 10.4. The lowest BCUT2D eigenvalue weighted by Crippen LogP contribution is -2.08. The number of hydrogen-bond donors (Lipinski definition) is 1. The third-order valence-corrected chi connectivity index (χ3v) is 2.52. The minimum absolute atomic E-state index is 0.367. The molecule has 1 aromatic rings. The van der Waals surface area contributed by atoms with Gasteiger partial charge in [0.05, 0.1) is 11.6 Å². The fraction of sp³-hybridized carbons (Fsp3) is 0.545. The van der Waals surface area contributed by atoms with Crippen LogP contribution in [0, 0.1) is 0 Å². The van der Waals surface area contributed by atoms with E-state index in [0.717, 1.165) is 13.0 Å². The predicted molar refractivity (Wildman–Crippen MR) is 70.4 cm³/mol. The molecule has 0 aliphatic carbocycles. The zero-order valence-electron chi connectivity index (χ0n) is 9.93. The van der Waals surface area contributed by atoms with E-state index >= 15 is 0 Å². The molecule has 1 N–H and O–H groups in total. The molecular formula is C11H16Cl2N2O2. The molecule has 0 aromatic carbocycles. The van der Waals surface area contributed by atoms with E-state index in [0.29, 0.717) is 35.0 Å². The Bertz CT molecular complexity index is 362. The number of aromatic nitrogens is 1. The van der Waals surface area contributed by atoms with Crippen molar-refractivity contribution >= 4 is 29.0 Å². The van der Waals surface area contributed by atoms with Gasteiger partial charge in [0.2, 0.25) is 5.88 Å². The van der Waals surface area contributed by atoms with Gasteiger partial charge in [0.25, 0.3) is 0 Å². The van der Waals surface area contributed by atoms with Gasteiger partial charge in [-0.05, 0) is 12.5 Å². The average molecular weight is 279 g/mol. The first-order chi connectivity index (χ1) is 8.19. The van der Waals surface area contributed by atoms with Gasteiger partial charge in [0.1, 0.15) is 17.4 Å². The van der Waals surface area contributed by atoms with Crippen molar-refractivity contribution in [3.63, 3.8) is 0 Å². The molecule has 0 fully saturated rings. The molecule has 0 saturated carbocycles. The quantitative estimate of drug-likeness (QED) is 0.778. The summed E-state index contributed by atoms with van der Waals surface area (Å²) in [6.07, 6.45) is 0.987. The summed E-state index contributed by atoms with van der Waals surface area (Å²) in [5, 5.41) is 3.99. The van der Waals surface area contributed by atoms with Gasteiger partial charge in [0.15, 0.2) is 0 Å². The Morgan fingerprint density at radius 2 is 2.06 bits per heavy atom. The van der Waals surface area contributed by atoms with Crippen LogP contribution in [0.25, 0.3) is 0 Å². The summed E-state index contributed by atoms with van der Waals surface area (Å²) in [5.74, 6) is 0.956. The number of nitrogens with one attached hydrogen (secondary N) is 1. The molecular weight excluding hydrogens is 263 g/mol. The summed E-state index contributed by atoms with van der Waals surface area (Å²) in [5.41, 5.74) is 0. The Kier molecular flexibility index (Phi) is 6.40. The largest absolute Gasteiger partial charge is 0.474 e. The van der Waals surface area contributed by atoms with Crippen LogP contribution in [-0.2, 0) is 4.74 Å². The van der Waals surface area contributed by atoms with Gasteiger partial charge in [-0.2, -0.15) is 4.98 Å². The Morgan fingerprint density at radius 1 is 1.29 bits per heavy atom. The number of pyridine rings is 1. The number of nitrogens with zero attached hydrogens (tertiary/aromatic N) is 1. The number of ether oxygens (including phenoxy) is 2. The highest BCUT2D eigenvalue weighted by Crippen LogP contribution is 2.30. The van der Waals surface area contributed by atoms with Crippen LogP contribution >= 0.6 is 23.2 Å². The maximum Gasteiger partial charge on any atom is 0.234 e. The summed E-state index contributed by atoms with van der Waals surface area (Å²) >= 11 is 12.0. The van der Waals surface area contributed by atoms with Crippen molar-refractivity contribution in [3.05, 3.63) is 16.1 Å². The van der Waals surface area contributed by atoms with Crippen LogP contribution in [0.5, 0.6) is 5.88 Å². The molecule has 96 valence electrons. The van der Waals surface area contributed by atoms with Crippen LogP contribution < -0.4 is 10.1 Å². The van der Waals surface area contributed by atoms with E-state index in [1.54, 1.807) is 13.2 Å². The highest BCUT2D eigenvalue weighted by molar-refractivity contribution is 6.36. The lowest BCUT2D eigenvalue weighted by molar-refractivity contribution is 0.144. The van der Waals surface area contributed by atoms with Crippen molar-refractivity contribution in [2.24, 2.45) is 0 Å². The number of halogens is 2. The van der Waals surface area contributed by atoms with Crippen molar-refractivity contribution in [3.8, 4) is 5.88 Å². The van der Waals surface area contributed by atoms with Crippen molar-refractivity contribution in [1.82, 2.24) is 4.98 Å². The van der Waals surface area contributed by atoms with Gasteiger partial charge >= 0.3 is 0 Å². The van der Waals surface area contributed by atoms with E-state index in [1.807, 2.05) is 0 Å². The van der Waals surface area contributed by atoms with E-state index in [9.17, 15) is 0 Å². The van der Waals surface area contributed by atoms with Gasteiger partial charge < -0.3 is 14.8 Å². The zero-order chi connectivity index (χ0) is 12.7. The van der Waals surface area contributed by atoms with Crippen molar-refractivity contribution in [2.45, 2.75) is 13.3 Å². The first-order valence-corrected chi connectivity index (χ1v) is 6.16. The van der Waals surface area contributed by atoms with Gasteiger partial charge in [-0.25, -0.2) is 0 Å². The molecule has 17 heavy (non-hydrogen) atoms. The summed E-state index contributed by atoms with van der Waals surface area (Å²) < 4.78 is 10.3. The van der Waals surface area contributed by atoms with E-state index in [4.69, 9.17) is 32.7 Å². The second kappa shape index (κ2) is 7.58. The van der Waals surface area contributed by atoms with Gasteiger partial charge in [-0.15, -0.1) is 0 Å². The molecule has 4 nitrogen and oxygen atoms in total. The fourth-order valence-electron chi connectivity index (χ4n) is 1.14. The second-order valence-corrected chi connectivity index (χ2v) is 4.19. The minimum Gasteiger partial charge on any atom is -0.474 e. The van der Waals surface area contributed by atoms with Crippen LogP contribution in [-0.4, -0.2) is 31.9 Å². The van der Waals surface area contributed by atoms with Crippen LogP contribution in [0.15, 0.2) is 6.07 Å². The first-order valence-electron chi connectivity index (χ1n) is 5.40. The SMILES string of the molecule is CCCNc1nc(OCCOC)c(Cl)cc1Cl. The first kappa shape index (κ1) is 14.4. The van der Waals surface area contributed by atoms with Crippen LogP contribution in [0.1, 0.15) is 13.3 Å². The average Bonchev–Trinajstić information content (AvgIpc) is 2.31.